The fourth-order valence-corrected chi connectivity index (χ4v) is 4.34. The van der Waals surface area contributed by atoms with Gasteiger partial charge in [0.15, 0.2) is 0 Å². The molecule has 2 N–H and O–H groups in total. The molecule has 0 saturated heterocycles. The van der Waals surface area contributed by atoms with E-state index < -0.39 is 0 Å². The second-order valence-corrected chi connectivity index (χ2v) is 7.73. The number of fused-ring (bicyclic) bond motifs is 1. The van der Waals surface area contributed by atoms with Crippen molar-refractivity contribution in [3.8, 4) is 17.1 Å². The van der Waals surface area contributed by atoms with E-state index in [1.807, 2.05) is 47.0 Å². The molecule has 1 aliphatic rings. The van der Waals surface area contributed by atoms with Crippen LogP contribution in [0.15, 0.2) is 53.3 Å². The van der Waals surface area contributed by atoms with E-state index in [0.717, 1.165) is 30.8 Å². The van der Waals surface area contributed by atoms with E-state index in [4.69, 9.17) is 15.5 Å². The summed E-state index contributed by atoms with van der Waals surface area (Å²) in [5.74, 6) is 2.42. The van der Waals surface area contributed by atoms with Crippen molar-refractivity contribution < 1.29 is 4.74 Å². The van der Waals surface area contributed by atoms with E-state index in [2.05, 4.69) is 0 Å². The van der Waals surface area contributed by atoms with Crippen LogP contribution in [0.2, 0.25) is 0 Å². The van der Waals surface area contributed by atoms with Gasteiger partial charge in [-0.3, -0.25) is 9.36 Å². The predicted molar refractivity (Wildman–Crippen MR) is 112 cm³/mol. The van der Waals surface area contributed by atoms with Gasteiger partial charge >= 0.3 is 0 Å². The van der Waals surface area contributed by atoms with E-state index in [0.29, 0.717) is 35.0 Å². The summed E-state index contributed by atoms with van der Waals surface area (Å²) in [5.41, 5.74) is 7.58. The summed E-state index contributed by atoms with van der Waals surface area (Å²) in [4.78, 5) is 18.3. The number of aromatic nitrogens is 2. The van der Waals surface area contributed by atoms with E-state index in [1.54, 1.807) is 13.2 Å². The van der Waals surface area contributed by atoms with E-state index in [9.17, 15) is 4.79 Å². The first kappa shape index (κ1) is 18.7. The summed E-state index contributed by atoms with van der Waals surface area (Å²) in [5, 5.41) is 0.602. The first-order chi connectivity index (χ1) is 13.7. The highest BCUT2D eigenvalue weighted by atomic mass is 16.5. The molecule has 4 rings (SSSR count). The first-order valence-corrected chi connectivity index (χ1v) is 10.0. The van der Waals surface area contributed by atoms with E-state index >= 15 is 0 Å². The zero-order valence-electron chi connectivity index (χ0n) is 16.3. The Morgan fingerprint density at radius 1 is 1.14 bits per heavy atom. The van der Waals surface area contributed by atoms with Crippen LogP contribution in [-0.2, 0) is 6.54 Å². The molecule has 1 heterocycles. The zero-order chi connectivity index (χ0) is 19.5. The highest BCUT2D eigenvalue weighted by molar-refractivity contribution is 5.81. The number of nitrogens with zero attached hydrogens (tertiary/aromatic N) is 2. The highest BCUT2D eigenvalue weighted by Gasteiger charge is 2.23. The summed E-state index contributed by atoms with van der Waals surface area (Å²) >= 11 is 0. The Morgan fingerprint density at radius 3 is 2.68 bits per heavy atom. The van der Waals surface area contributed by atoms with Crippen LogP contribution in [0, 0.1) is 11.8 Å². The molecule has 0 amide bonds. The number of benzene rings is 2. The van der Waals surface area contributed by atoms with Gasteiger partial charge < -0.3 is 10.5 Å². The lowest BCUT2D eigenvalue weighted by molar-refractivity contribution is 0.246. The zero-order valence-corrected chi connectivity index (χ0v) is 16.3. The monoisotopic (exact) mass is 377 g/mol. The minimum Gasteiger partial charge on any atom is -0.497 e. The molecule has 2 aromatic carbocycles. The number of hydrogen-bond donors (Lipinski definition) is 1. The maximum Gasteiger partial charge on any atom is 0.261 e. The fraction of sp³-hybridized carbons (Fsp3) is 0.391. The third-order valence-corrected chi connectivity index (χ3v) is 5.86. The van der Waals surface area contributed by atoms with Gasteiger partial charge in [-0.1, -0.05) is 36.8 Å². The van der Waals surface area contributed by atoms with Crippen molar-refractivity contribution in [3.05, 3.63) is 58.9 Å². The van der Waals surface area contributed by atoms with Gasteiger partial charge in [0.2, 0.25) is 0 Å². The van der Waals surface area contributed by atoms with Gasteiger partial charge in [-0.05, 0) is 55.8 Å². The predicted octanol–water partition coefficient (Wildman–Crippen LogP) is 3.84. The first-order valence-electron chi connectivity index (χ1n) is 10.0. The lowest BCUT2D eigenvalue weighted by Crippen LogP contribution is -2.30. The molecule has 2 atom stereocenters. The molecular formula is C23H27N3O2. The van der Waals surface area contributed by atoms with Crippen molar-refractivity contribution in [1.82, 2.24) is 9.55 Å². The molecular weight excluding hydrogens is 350 g/mol. The van der Waals surface area contributed by atoms with Gasteiger partial charge in [0.1, 0.15) is 11.6 Å². The lowest BCUT2D eigenvalue weighted by Gasteiger charge is -2.29. The Bertz CT molecular complexity index is 1010. The number of hydrogen-bond acceptors (Lipinski definition) is 4. The van der Waals surface area contributed by atoms with Crippen LogP contribution in [-0.4, -0.2) is 23.2 Å². The topological polar surface area (TPSA) is 70.1 Å². The standard InChI is InChI=1S/C23H27N3O2/c1-28-19-10-11-21-20(13-19)23(27)26(15-17-7-5-6-16(12-17)14-24)22(25-21)18-8-3-2-4-9-18/h2-4,8-11,13,16-17H,5-7,12,14-15,24H2,1H3. The molecule has 28 heavy (non-hydrogen) atoms. The third-order valence-electron chi connectivity index (χ3n) is 5.86. The minimum absolute atomic E-state index is 0.00220. The average Bonchev–Trinajstić information content (AvgIpc) is 2.76. The van der Waals surface area contributed by atoms with Crippen molar-refractivity contribution in [3.63, 3.8) is 0 Å². The number of rotatable bonds is 5. The van der Waals surface area contributed by atoms with E-state index in [-0.39, 0.29) is 5.56 Å². The normalized spacial score (nSPS) is 19.6. The van der Waals surface area contributed by atoms with Gasteiger partial charge in [0.25, 0.3) is 5.56 Å². The van der Waals surface area contributed by atoms with Crippen LogP contribution in [0.3, 0.4) is 0 Å². The second-order valence-electron chi connectivity index (χ2n) is 7.73. The van der Waals surface area contributed by atoms with Crippen molar-refractivity contribution in [2.45, 2.75) is 32.2 Å². The maximum absolute atomic E-state index is 13.5. The molecule has 1 aliphatic carbocycles. The van der Waals surface area contributed by atoms with Crippen LogP contribution in [0.1, 0.15) is 25.7 Å². The van der Waals surface area contributed by atoms with Gasteiger partial charge in [0, 0.05) is 12.1 Å². The molecule has 5 nitrogen and oxygen atoms in total. The Labute approximate surface area is 165 Å². The minimum atomic E-state index is -0.00220. The Hall–Kier alpha value is -2.66. The Kier molecular flexibility index (Phi) is 5.44. The molecule has 146 valence electrons. The summed E-state index contributed by atoms with van der Waals surface area (Å²) in [6.45, 7) is 1.41. The molecule has 0 bridgehead atoms. The highest BCUT2D eigenvalue weighted by Crippen LogP contribution is 2.30. The smallest absolute Gasteiger partial charge is 0.261 e. The summed E-state index contributed by atoms with van der Waals surface area (Å²) in [6, 6.07) is 15.5. The summed E-state index contributed by atoms with van der Waals surface area (Å²) in [6.07, 6.45) is 4.58. The molecule has 1 fully saturated rings. The molecule has 0 spiro atoms. The van der Waals surface area contributed by atoms with Gasteiger partial charge in [-0.2, -0.15) is 0 Å². The lowest BCUT2D eigenvalue weighted by atomic mass is 9.81. The van der Waals surface area contributed by atoms with Gasteiger partial charge in [-0.15, -0.1) is 0 Å². The van der Waals surface area contributed by atoms with Crippen LogP contribution < -0.4 is 16.0 Å². The maximum atomic E-state index is 13.5. The largest absolute Gasteiger partial charge is 0.497 e. The molecule has 2 unspecified atom stereocenters. The number of nitrogens with two attached hydrogens (primary N) is 1. The molecule has 0 radical (unpaired) electrons. The van der Waals surface area contributed by atoms with Crippen LogP contribution in [0.4, 0.5) is 0 Å². The van der Waals surface area contributed by atoms with E-state index in [1.165, 1.54) is 12.8 Å². The van der Waals surface area contributed by atoms with Crippen molar-refractivity contribution >= 4 is 10.9 Å². The SMILES string of the molecule is COc1ccc2nc(-c3ccccc3)n(CC3CCCC(CN)C3)c(=O)c2c1. The second kappa shape index (κ2) is 8.15. The summed E-state index contributed by atoms with van der Waals surface area (Å²) < 4.78 is 7.18. The van der Waals surface area contributed by atoms with Gasteiger partial charge in [0.05, 0.1) is 18.0 Å². The molecule has 3 aromatic rings. The molecule has 0 aliphatic heterocycles. The average molecular weight is 377 g/mol. The van der Waals surface area contributed by atoms with Crippen LogP contribution >= 0.6 is 0 Å². The fourth-order valence-electron chi connectivity index (χ4n) is 4.34. The van der Waals surface area contributed by atoms with Crippen molar-refractivity contribution in [1.29, 1.82) is 0 Å². The number of methoxy groups -OCH3 is 1. The molecule has 5 heteroatoms. The summed E-state index contributed by atoms with van der Waals surface area (Å²) in [7, 11) is 1.61. The third kappa shape index (κ3) is 3.67. The Morgan fingerprint density at radius 2 is 1.93 bits per heavy atom. The quantitative estimate of drug-likeness (QED) is 0.733. The van der Waals surface area contributed by atoms with Crippen LogP contribution in [0.5, 0.6) is 5.75 Å². The van der Waals surface area contributed by atoms with Crippen molar-refractivity contribution in [2.24, 2.45) is 17.6 Å². The van der Waals surface area contributed by atoms with Crippen LogP contribution in [0.25, 0.3) is 22.3 Å². The number of ether oxygens (including phenoxy) is 1. The van der Waals surface area contributed by atoms with Crippen molar-refractivity contribution in [2.75, 3.05) is 13.7 Å². The Balaban J connectivity index is 1.83. The van der Waals surface area contributed by atoms with Gasteiger partial charge in [-0.25, -0.2) is 4.98 Å². The molecule has 1 aromatic heterocycles. The molecule has 1 saturated carbocycles.